The maximum Gasteiger partial charge on any atom is 0.276 e. The van der Waals surface area contributed by atoms with Crippen LogP contribution < -0.4 is 10.6 Å². The minimum atomic E-state index is -0.476. The fraction of sp³-hybridized carbons (Fsp3) is 0.0870. The summed E-state index contributed by atoms with van der Waals surface area (Å²) in [5.74, 6) is 1.85. The summed E-state index contributed by atoms with van der Waals surface area (Å²) in [7, 11) is 0. The Kier molecular flexibility index (Phi) is 5.78. The largest absolute Gasteiger partial charge is 0.460 e. The molecule has 0 spiro atoms. The molecule has 0 radical (unpaired) electrons. The molecule has 5 rings (SSSR count). The smallest absolute Gasteiger partial charge is 0.276 e. The van der Waals surface area contributed by atoms with Crippen molar-refractivity contribution in [2.45, 2.75) is 13.8 Å². The molecule has 0 atom stereocenters. The average molecular weight is 492 g/mol. The van der Waals surface area contributed by atoms with Gasteiger partial charge in [-0.25, -0.2) is 15.0 Å². The van der Waals surface area contributed by atoms with Crippen LogP contribution in [0.2, 0.25) is 0 Å². The van der Waals surface area contributed by atoms with Crippen LogP contribution in [-0.2, 0) is 0 Å². The van der Waals surface area contributed by atoms with E-state index in [2.05, 4.69) is 25.6 Å². The van der Waals surface area contributed by atoms with Crippen molar-refractivity contribution >= 4 is 44.8 Å². The highest BCUT2D eigenvalue weighted by Gasteiger charge is 2.17. The highest BCUT2D eigenvalue weighted by atomic mass is 32.1. The van der Waals surface area contributed by atoms with Crippen LogP contribution in [-0.4, -0.2) is 26.8 Å². The first kappa shape index (κ1) is 21.7. The lowest BCUT2D eigenvalue weighted by molar-refractivity contribution is 0.101. The molecule has 9 nitrogen and oxygen atoms in total. The normalized spacial score (nSPS) is 10.9. The first-order valence-corrected chi connectivity index (χ1v) is 11.8. The molecule has 0 bridgehead atoms. The molecule has 0 aliphatic carbocycles. The van der Waals surface area contributed by atoms with Gasteiger partial charge in [0.1, 0.15) is 34.3 Å². The molecule has 2 amide bonds. The van der Waals surface area contributed by atoms with Crippen molar-refractivity contribution in [2.24, 2.45) is 0 Å². The highest BCUT2D eigenvalue weighted by molar-refractivity contribution is 7.14. The molecule has 0 aliphatic heterocycles. The van der Waals surface area contributed by atoms with Crippen molar-refractivity contribution < 1.29 is 18.4 Å². The number of thiazole rings is 2. The molecule has 170 valence electrons. The van der Waals surface area contributed by atoms with E-state index >= 15 is 0 Å². The lowest BCUT2D eigenvalue weighted by atomic mass is 10.3. The second-order valence-electron chi connectivity index (χ2n) is 7.21. The zero-order chi connectivity index (χ0) is 23.7. The van der Waals surface area contributed by atoms with Gasteiger partial charge in [0, 0.05) is 10.8 Å². The van der Waals surface area contributed by atoms with Gasteiger partial charge in [-0.2, -0.15) is 0 Å². The number of hydrogen-bond donors (Lipinski definition) is 2. The number of anilines is 2. The van der Waals surface area contributed by atoms with Gasteiger partial charge in [0.2, 0.25) is 0 Å². The van der Waals surface area contributed by atoms with E-state index < -0.39 is 11.8 Å². The van der Waals surface area contributed by atoms with E-state index in [1.807, 2.05) is 38.1 Å². The van der Waals surface area contributed by atoms with Crippen molar-refractivity contribution in [3.63, 3.8) is 0 Å². The summed E-state index contributed by atoms with van der Waals surface area (Å²) in [5.41, 5.74) is 1.43. The summed E-state index contributed by atoms with van der Waals surface area (Å²) in [6, 6.07) is 12.0. The Morgan fingerprint density at radius 1 is 0.706 bits per heavy atom. The quantitative estimate of drug-likeness (QED) is 0.315. The predicted molar refractivity (Wildman–Crippen MR) is 129 cm³/mol. The van der Waals surface area contributed by atoms with Gasteiger partial charge in [0.05, 0.1) is 0 Å². The molecule has 0 aromatic carbocycles. The zero-order valence-electron chi connectivity index (χ0n) is 18.0. The van der Waals surface area contributed by atoms with Crippen LogP contribution in [0, 0.1) is 13.8 Å². The Balaban J connectivity index is 1.26. The predicted octanol–water partition coefficient (Wildman–Crippen LogP) is 5.64. The van der Waals surface area contributed by atoms with Crippen LogP contribution in [0.1, 0.15) is 32.5 Å². The van der Waals surface area contributed by atoms with Gasteiger partial charge in [-0.05, 0) is 50.2 Å². The summed E-state index contributed by atoms with van der Waals surface area (Å²) < 4.78 is 11.1. The third-order valence-electron chi connectivity index (χ3n) is 4.65. The van der Waals surface area contributed by atoms with E-state index in [-0.39, 0.29) is 11.4 Å². The first-order valence-electron chi connectivity index (χ1n) is 10.1. The first-order chi connectivity index (χ1) is 16.4. The van der Waals surface area contributed by atoms with Crippen LogP contribution in [0.25, 0.3) is 22.9 Å². The maximum absolute atomic E-state index is 12.7. The molecule has 0 saturated heterocycles. The Hall–Kier alpha value is -4.09. The topological polar surface area (TPSA) is 123 Å². The number of furan rings is 2. The second kappa shape index (κ2) is 9.04. The van der Waals surface area contributed by atoms with E-state index in [1.54, 1.807) is 16.8 Å². The number of nitrogens with one attached hydrogen (secondary N) is 2. The molecule has 2 N–H and O–H groups in total. The SMILES string of the molecule is Cc1ccc(-c2csc(NC(=O)c3cccc(C(=O)Nc4nc(-c5ccc(C)o5)cs4)n3)n2)o1. The molecule has 34 heavy (non-hydrogen) atoms. The Morgan fingerprint density at radius 3 is 1.59 bits per heavy atom. The zero-order valence-corrected chi connectivity index (χ0v) is 19.6. The van der Waals surface area contributed by atoms with E-state index in [9.17, 15) is 9.59 Å². The van der Waals surface area contributed by atoms with Crippen LogP contribution in [0.4, 0.5) is 10.3 Å². The van der Waals surface area contributed by atoms with Gasteiger partial charge >= 0.3 is 0 Å². The Labute approximate surface area is 201 Å². The molecule has 0 fully saturated rings. The fourth-order valence-electron chi connectivity index (χ4n) is 3.04. The van der Waals surface area contributed by atoms with Crippen LogP contribution >= 0.6 is 22.7 Å². The summed E-state index contributed by atoms with van der Waals surface area (Å²) in [6.45, 7) is 3.70. The summed E-state index contributed by atoms with van der Waals surface area (Å²) >= 11 is 2.53. The van der Waals surface area contributed by atoms with Gasteiger partial charge in [-0.15, -0.1) is 22.7 Å². The molecular weight excluding hydrogens is 474 g/mol. The lowest BCUT2D eigenvalue weighted by Crippen LogP contribution is -2.18. The standard InChI is InChI=1S/C23H17N5O4S2/c1-12-6-8-18(31-12)16-10-33-22(25-16)27-20(29)14-4-3-5-15(24-14)21(30)28-23-26-17(11-34-23)19-9-7-13(2)32-19/h3-11H,1-2H3,(H,25,27,29)(H,26,28,30). The number of nitrogens with zero attached hydrogens (tertiary/aromatic N) is 3. The van der Waals surface area contributed by atoms with Crippen molar-refractivity contribution in [1.82, 2.24) is 15.0 Å². The van der Waals surface area contributed by atoms with Gasteiger partial charge < -0.3 is 8.83 Å². The number of hydrogen-bond acceptors (Lipinski definition) is 9. The summed E-state index contributed by atoms with van der Waals surface area (Å²) in [4.78, 5) is 38.3. The number of amides is 2. The molecule has 0 unspecified atom stereocenters. The average Bonchev–Trinajstić information content (AvgIpc) is 3.62. The minimum absolute atomic E-state index is 0.0872. The van der Waals surface area contributed by atoms with Crippen LogP contribution in [0.15, 0.2) is 62.1 Å². The Bertz CT molecular complexity index is 1390. The number of pyridine rings is 1. The van der Waals surface area contributed by atoms with Crippen LogP contribution in [0.5, 0.6) is 0 Å². The van der Waals surface area contributed by atoms with Gasteiger partial charge in [0.15, 0.2) is 21.8 Å². The number of aryl methyl sites for hydroxylation is 2. The van der Waals surface area contributed by atoms with Gasteiger partial charge in [0.25, 0.3) is 11.8 Å². The van der Waals surface area contributed by atoms with Crippen molar-refractivity contribution in [3.8, 4) is 22.9 Å². The minimum Gasteiger partial charge on any atom is -0.460 e. The summed E-state index contributed by atoms with van der Waals surface area (Å²) in [5, 5.41) is 9.79. The van der Waals surface area contributed by atoms with E-state index in [4.69, 9.17) is 8.83 Å². The highest BCUT2D eigenvalue weighted by Crippen LogP contribution is 2.28. The van der Waals surface area contributed by atoms with E-state index in [0.717, 1.165) is 11.5 Å². The Morgan fingerprint density at radius 2 is 1.18 bits per heavy atom. The molecular formula is C23H17N5O4S2. The third kappa shape index (κ3) is 4.65. The van der Waals surface area contributed by atoms with E-state index in [1.165, 1.54) is 34.8 Å². The monoisotopic (exact) mass is 491 g/mol. The molecule has 0 saturated carbocycles. The molecule has 5 aromatic heterocycles. The lowest BCUT2D eigenvalue weighted by Gasteiger charge is -2.04. The third-order valence-corrected chi connectivity index (χ3v) is 6.16. The number of aromatic nitrogens is 3. The van der Waals surface area contributed by atoms with Crippen LogP contribution in [0.3, 0.4) is 0 Å². The van der Waals surface area contributed by atoms with Crippen molar-refractivity contribution in [2.75, 3.05) is 10.6 Å². The molecule has 0 aliphatic rings. The van der Waals surface area contributed by atoms with Crippen molar-refractivity contribution in [3.05, 3.63) is 76.1 Å². The number of carbonyl (C=O) groups excluding carboxylic acids is 2. The second-order valence-corrected chi connectivity index (χ2v) is 8.93. The molecule has 11 heteroatoms. The van der Waals surface area contributed by atoms with Crippen molar-refractivity contribution in [1.29, 1.82) is 0 Å². The summed E-state index contributed by atoms with van der Waals surface area (Å²) in [6.07, 6.45) is 0. The van der Waals surface area contributed by atoms with E-state index in [0.29, 0.717) is 33.2 Å². The van der Waals surface area contributed by atoms with Gasteiger partial charge in [-0.1, -0.05) is 6.07 Å². The van der Waals surface area contributed by atoms with Gasteiger partial charge in [-0.3, -0.25) is 20.2 Å². The fourth-order valence-corrected chi connectivity index (χ4v) is 4.43. The maximum atomic E-state index is 12.7. The number of rotatable bonds is 6. The molecule has 5 heterocycles. The number of carbonyl (C=O) groups is 2. The molecule has 5 aromatic rings.